The first kappa shape index (κ1) is 20.7. The number of benzene rings is 2. The first-order valence-electron chi connectivity index (χ1n) is 9.01. The zero-order chi connectivity index (χ0) is 22.2. The Morgan fingerprint density at radius 1 is 1.06 bits per heavy atom. The predicted molar refractivity (Wildman–Crippen MR) is 111 cm³/mol. The summed E-state index contributed by atoms with van der Waals surface area (Å²) >= 11 is 0.923. The maximum atomic E-state index is 13.6. The van der Waals surface area contributed by atoms with Gasteiger partial charge in [0.1, 0.15) is 4.83 Å². The van der Waals surface area contributed by atoms with Crippen LogP contribution in [0.5, 0.6) is 11.5 Å². The lowest BCUT2D eigenvalue weighted by Gasteiger charge is -2.12. The lowest BCUT2D eigenvalue weighted by atomic mass is 10.2. The number of hydrogen-bond acceptors (Lipinski definition) is 5. The van der Waals surface area contributed by atoms with Gasteiger partial charge in [0.05, 0.1) is 30.5 Å². The lowest BCUT2D eigenvalue weighted by Crippen LogP contribution is -2.12. The SMILES string of the molecule is COc1cccc(NC(=O)c2cc3c(C(F)(F)F)nn(-c4ccccc4)c3s2)c1OC. The van der Waals surface area contributed by atoms with E-state index in [1.807, 2.05) is 0 Å². The Hall–Kier alpha value is -3.53. The minimum atomic E-state index is -4.66. The van der Waals surface area contributed by atoms with Crippen LogP contribution in [0.25, 0.3) is 15.9 Å². The molecule has 0 unspecified atom stereocenters. The Balaban J connectivity index is 1.78. The highest BCUT2D eigenvalue weighted by Gasteiger charge is 2.38. The van der Waals surface area contributed by atoms with E-state index < -0.39 is 17.8 Å². The molecule has 6 nitrogen and oxygen atoms in total. The van der Waals surface area contributed by atoms with E-state index in [1.165, 1.54) is 25.0 Å². The van der Waals surface area contributed by atoms with Crippen LogP contribution in [-0.4, -0.2) is 29.9 Å². The van der Waals surface area contributed by atoms with Crippen molar-refractivity contribution in [1.29, 1.82) is 0 Å². The molecule has 0 aliphatic carbocycles. The third-order valence-electron chi connectivity index (χ3n) is 4.50. The number of fused-ring (bicyclic) bond motifs is 1. The van der Waals surface area contributed by atoms with Crippen LogP contribution >= 0.6 is 11.3 Å². The molecule has 0 aliphatic rings. The van der Waals surface area contributed by atoms with Crippen molar-refractivity contribution in [2.24, 2.45) is 0 Å². The summed E-state index contributed by atoms with van der Waals surface area (Å²) in [6.07, 6.45) is -4.66. The Labute approximate surface area is 178 Å². The molecule has 0 bridgehead atoms. The Kier molecular flexibility index (Phi) is 5.32. The Morgan fingerprint density at radius 3 is 2.45 bits per heavy atom. The van der Waals surface area contributed by atoms with Crippen molar-refractivity contribution in [3.05, 3.63) is 65.2 Å². The number of amides is 1. The number of thiophene rings is 1. The van der Waals surface area contributed by atoms with Crippen molar-refractivity contribution in [3.63, 3.8) is 0 Å². The number of hydrogen-bond donors (Lipinski definition) is 1. The number of nitrogens with one attached hydrogen (secondary N) is 1. The van der Waals surface area contributed by atoms with E-state index in [0.29, 0.717) is 22.9 Å². The molecule has 31 heavy (non-hydrogen) atoms. The molecule has 1 N–H and O–H groups in total. The molecule has 0 atom stereocenters. The highest BCUT2D eigenvalue weighted by molar-refractivity contribution is 7.20. The quantitative estimate of drug-likeness (QED) is 0.446. The van der Waals surface area contributed by atoms with Gasteiger partial charge in [-0.1, -0.05) is 24.3 Å². The molecule has 0 aliphatic heterocycles. The maximum Gasteiger partial charge on any atom is 0.435 e. The van der Waals surface area contributed by atoms with Crippen molar-refractivity contribution in [1.82, 2.24) is 9.78 Å². The summed E-state index contributed by atoms with van der Waals surface area (Å²) in [7, 11) is 2.89. The summed E-state index contributed by atoms with van der Waals surface area (Å²) in [6, 6.07) is 14.6. The smallest absolute Gasteiger partial charge is 0.435 e. The number of methoxy groups -OCH3 is 2. The molecule has 160 valence electrons. The number of aromatic nitrogens is 2. The van der Waals surface area contributed by atoms with Crippen molar-refractivity contribution in [2.75, 3.05) is 19.5 Å². The maximum absolute atomic E-state index is 13.6. The number of nitrogens with zero attached hydrogens (tertiary/aromatic N) is 2. The number of halogens is 3. The Morgan fingerprint density at radius 2 is 1.81 bits per heavy atom. The fourth-order valence-electron chi connectivity index (χ4n) is 3.14. The minimum Gasteiger partial charge on any atom is -0.493 e. The second-order valence-corrected chi connectivity index (χ2v) is 7.45. The number of carbonyl (C=O) groups is 1. The second-order valence-electron chi connectivity index (χ2n) is 6.42. The standard InChI is InChI=1S/C21H16F3N3O3S/c1-29-15-10-6-9-14(17(15)30-2)25-19(28)16-11-13-18(21(22,23)24)26-27(20(13)31-16)12-7-4-3-5-8-12/h3-11H,1-2H3,(H,25,28). The average molecular weight is 447 g/mol. The monoisotopic (exact) mass is 447 g/mol. The average Bonchev–Trinajstić information content (AvgIpc) is 3.33. The van der Waals surface area contributed by atoms with Gasteiger partial charge in [0.2, 0.25) is 0 Å². The van der Waals surface area contributed by atoms with Crippen molar-refractivity contribution in [2.45, 2.75) is 6.18 Å². The summed E-state index contributed by atoms with van der Waals surface area (Å²) in [4.78, 5) is 13.2. The van der Waals surface area contributed by atoms with Gasteiger partial charge < -0.3 is 14.8 Å². The fourth-order valence-corrected chi connectivity index (χ4v) is 4.17. The molecule has 1 amide bonds. The van der Waals surface area contributed by atoms with Crippen molar-refractivity contribution >= 4 is 33.1 Å². The third-order valence-corrected chi connectivity index (χ3v) is 5.61. The predicted octanol–water partition coefficient (Wildman–Crippen LogP) is 5.38. The van der Waals surface area contributed by atoms with Gasteiger partial charge in [0.25, 0.3) is 5.91 Å². The van der Waals surface area contributed by atoms with Gasteiger partial charge in [0, 0.05) is 5.39 Å². The number of carbonyl (C=O) groups excluding carboxylic acids is 1. The minimum absolute atomic E-state index is 0.104. The van der Waals surface area contributed by atoms with E-state index >= 15 is 0 Å². The fraction of sp³-hybridized carbons (Fsp3) is 0.143. The topological polar surface area (TPSA) is 65.4 Å². The van der Waals surface area contributed by atoms with E-state index in [-0.39, 0.29) is 15.1 Å². The number of anilines is 1. The number of rotatable bonds is 5. The van der Waals surface area contributed by atoms with Gasteiger partial charge in [0.15, 0.2) is 17.2 Å². The Bertz CT molecular complexity index is 1250. The van der Waals surface area contributed by atoms with Crippen LogP contribution in [0, 0.1) is 0 Å². The van der Waals surface area contributed by atoms with Crippen molar-refractivity contribution < 1.29 is 27.4 Å². The van der Waals surface area contributed by atoms with Gasteiger partial charge in [-0.25, -0.2) is 4.68 Å². The molecule has 4 rings (SSSR count). The zero-order valence-corrected chi connectivity index (χ0v) is 17.2. The highest BCUT2D eigenvalue weighted by Crippen LogP contribution is 2.40. The molecule has 10 heteroatoms. The number of alkyl halides is 3. The van der Waals surface area contributed by atoms with Gasteiger partial charge in [-0.2, -0.15) is 18.3 Å². The molecule has 0 fully saturated rings. The van der Waals surface area contributed by atoms with Crippen LogP contribution in [0.4, 0.5) is 18.9 Å². The molecular weight excluding hydrogens is 431 g/mol. The van der Waals surface area contributed by atoms with Gasteiger partial charge in [-0.15, -0.1) is 11.3 Å². The number of ether oxygens (including phenoxy) is 2. The molecule has 2 aromatic carbocycles. The van der Waals surface area contributed by atoms with E-state index in [1.54, 1.807) is 48.5 Å². The van der Waals surface area contributed by atoms with Gasteiger partial charge in [-0.05, 0) is 30.3 Å². The van der Waals surface area contributed by atoms with E-state index in [0.717, 1.165) is 11.3 Å². The first-order valence-corrected chi connectivity index (χ1v) is 9.82. The van der Waals surface area contributed by atoms with Crippen LogP contribution in [0.3, 0.4) is 0 Å². The summed E-state index contributed by atoms with van der Waals surface area (Å²) in [5.41, 5.74) is -0.239. The normalized spacial score (nSPS) is 11.5. The number of para-hydroxylation sites is 2. The molecular formula is C21H16F3N3O3S. The summed E-state index contributed by atoms with van der Waals surface area (Å²) in [5.74, 6) is 0.155. The van der Waals surface area contributed by atoms with Crippen molar-refractivity contribution in [3.8, 4) is 17.2 Å². The van der Waals surface area contributed by atoms with Crippen LogP contribution in [0.1, 0.15) is 15.4 Å². The van der Waals surface area contributed by atoms with Gasteiger partial charge in [-0.3, -0.25) is 4.79 Å². The second kappa shape index (κ2) is 7.95. The molecule has 2 heterocycles. The zero-order valence-electron chi connectivity index (χ0n) is 16.4. The van der Waals surface area contributed by atoms with E-state index in [9.17, 15) is 18.0 Å². The molecule has 0 spiro atoms. The largest absolute Gasteiger partial charge is 0.493 e. The van der Waals surface area contributed by atoms with E-state index in [2.05, 4.69) is 10.4 Å². The molecule has 2 aromatic heterocycles. The summed E-state index contributed by atoms with van der Waals surface area (Å²) < 4.78 is 52.4. The molecule has 0 saturated carbocycles. The van der Waals surface area contributed by atoms with Crippen LogP contribution < -0.4 is 14.8 Å². The lowest BCUT2D eigenvalue weighted by molar-refractivity contribution is -0.140. The van der Waals surface area contributed by atoms with Crippen LogP contribution in [-0.2, 0) is 6.18 Å². The molecule has 0 saturated heterocycles. The summed E-state index contributed by atoms with van der Waals surface area (Å²) in [6.45, 7) is 0. The van der Waals surface area contributed by atoms with E-state index in [4.69, 9.17) is 9.47 Å². The highest BCUT2D eigenvalue weighted by atomic mass is 32.1. The van der Waals surface area contributed by atoms with Crippen LogP contribution in [0.2, 0.25) is 0 Å². The third kappa shape index (κ3) is 3.81. The molecule has 4 aromatic rings. The van der Waals surface area contributed by atoms with Crippen LogP contribution in [0.15, 0.2) is 54.6 Å². The summed E-state index contributed by atoms with van der Waals surface area (Å²) in [5, 5.41) is 6.30. The van der Waals surface area contributed by atoms with Gasteiger partial charge >= 0.3 is 6.18 Å². The molecule has 0 radical (unpaired) electrons. The first-order chi connectivity index (χ1) is 14.8.